The van der Waals surface area contributed by atoms with Gasteiger partial charge in [0.1, 0.15) is 5.82 Å². The zero-order valence-corrected chi connectivity index (χ0v) is 15.3. The quantitative estimate of drug-likeness (QED) is 0.389. The van der Waals surface area contributed by atoms with Crippen LogP contribution in [0.2, 0.25) is 0 Å². The molecule has 0 atom stereocenters. The highest BCUT2D eigenvalue weighted by atomic mass is 32.1. The summed E-state index contributed by atoms with van der Waals surface area (Å²) < 4.78 is 5.17. The second-order valence-corrected chi connectivity index (χ2v) is 6.85. The molecule has 0 bridgehead atoms. The number of hydrogen-bond donors (Lipinski definition) is 2. The van der Waals surface area contributed by atoms with Gasteiger partial charge in [-0.3, -0.25) is 4.79 Å². The van der Waals surface area contributed by atoms with Crippen LogP contribution in [0.3, 0.4) is 0 Å². The molecule has 0 amide bonds. The van der Waals surface area contributed by atoms with Crippen LogP contribution in [0.4, 0.5) is 0 Å². The van der Waals surface area contributed by atoms with Gasteiger partial charge in [0.2, 0.25) is 5.78 Å². The highest BCUT2D eigenvalue weighted by molar-refractivity contribution is 7.12. The molecular weight excluding hydrogens is 360 g/mol. The highest BCUT2D eigenvalue weighted by Crippen LogP contribution is 2.30. The van der Waals surface area contributed by atoms with Crippen LogP contribution in [0.25, 0.3) is 22.7 Å². The molecule has 27 heavy (non-hydrogen) atoms. The predicted octanol–water partition coefficient (Wildman–Crippen LogP) is 4.76. The number of carbonyl (C=O) groups is 1. The Morgan fingerprint density at radius 2 is 2.04 bits per heavy atom. The molecule has 0 aliphatic carbocycles. The monoisotopic (exact) mass is 376 g/mol. The van der Waals surface area contributed by atoms with E-state index < -0.39 is 0 Å². The number of aromatic amines is 1. The maximum absolute atomic E-state index is 13.1. The molecule has 0 spiro atoms. The van der Waals surface area contributed by atoms with Gasteiger partial charge < -0.3 is 14.8 Å². The number of Topliss-reactive ketones (excluding diaryl/α,β-unsaturated/α-hetero) is 1. The number of methoxy groups -OCH3 is 1. The summed E-state index contributed by atoms with van der Waals surface area (Å²) in [6.07, 6.45) is 1.75. The molecule has 0 unspecified atom stereocenters. The minimum Gasteiger partial charge on any atom is -0.504 e. The second kappa shape index (κ2) is 7.09. The minimum absolute atomic E-state index is 0.0459. The topological polar surface area (TPSA) is 75.2 Å². The van der Waals surface area contributed by atoms with E-state index in [1.54, 1.807) is 24.3 Å². The van der Waals surface area contributed by atoms with Crippen molar-refractivity contribution in [2.24, 2.45) is 0 Å². The number of benzene rings is 2. The predicted molar refractivity (Wildman–Crippen MR) is 107 cm³/mol. The van der Waals surface area contributed by atoms with Crippen LogP contribution in [-0.2, 0) is 0 Å². The lowest BCUT2D eigenvalue weighted by Crippen LogP contribution is -2.02. The van der Waals surface area contributed by atoms with Crippen molar-refractivity contribution in [3.05, 3.63) is 76.2 Å². The number of H-pyrrole nitrogens is 1. The summed E-state index contributed by atoms with van der Waals surface area (Å²) in [6, 6.07) is 16.2. The van der Waals surface area contributed by atoms with Crippen molar-refractivity contribution >= 4 is 39.8 Å². The molecule has 134 valence electrons. The summed E-state index contributed by atoms with van der Waals surface area (Å²) in [5.41, 5.74) is 2.83. The first-order valence-corrected chi connectivity index (χ1v) is 9.15. The molecule has 2 heterocycles. The number of nitrogens with zero attached hydrogens (tertiary/aromatic N) is 1. The van der Waals surface area contributed by atoms with Crippen LogP contribution in [0.1, 0.15) is 21.1 Å². The number of carbonyl (C=O) groups excluding carboxylic acids is 1. The van der Waals surface area contributed by atoms with Crippen LogP contribution in [0.5, 0.6) is 11.5 Å². The summed E-state index contributed by atoms with van der Waals surface area (Å²) >= 11 is 1.38. The maximum atomic E-state index is 13.1. The van der Waals surface area contributed by atoms with E-state index in [9.17, 15) is 9.90 Å². The van der Waals surface area contributed by atoms with Gasteiger partial charge in [-0.1, -0.05) is 24.3 Å². The average molecular weight is 376 g/mol. The average Bonchev–Trinajstić information content (AvgIpc) is 3.36. The number of ether oxygens (including phenoxy) is 1. The summed E-state index contributed by atoms with van der Waals surface area (Å²) in [6.45, 7) is 0. The molecule has 0 aliphatic rings. The molecule has 0 radical (unpaired) electrons. The van der Waals surface area contributed by atoms with E-state index >= 15 is 0 Å². The van der Waals surface area contributed by atoms with Crippen molar-refractivity contribution < 1.29 is 14.6 Å². The fourth-order valence-corrected chi connectivity index (χ4v) is 3.49. The third-order valence-corrected chi connectivity index (χ3v) is 5.02. The molecule has 4 rings (SSSR count). The number of nitrogens with one attached hydrogen (secondary N) is 1. The standard InChI is InChI=1S/C21H16N2O3S/c1-26-18-12-13(8-9-17(18)24)11-14(20(25)19-7-4-10-27-19)21-22-15-5-2-3-6-16(15)23-21/h2-12,24H,1H3,(H,22,23)/b14-11-. The van der Waals surface area contributed by atoms with Crippen molar-refractivity contribution in [1.82, 2.24) is 9.97 Å². The first-order chi connectivity index (χ1) is 13.2. The fourth-order valence-electron chi connectivity index (χ4n) is 2.81. The summed E-state index contributed by atoms with van der Waals surface area (Å²) in [7, 11) is 1.49. The van der Waals surface area contributed by atoms with Gasteiger partial charge in [-0.2, -0.15) is 0 Å². The van der Waals surface area contributed by atoms with E-state index in [1.165, 1.54) is 24.5 Å². The van der Waals surface area contributed by atoms with E-state index in [-0.39, 0.29) is 11.5 Å². The Labute approximate surface area is 159 Å². The van der Waals surface area contributed by atoms with Gasteiger partial charge >= 0.3 is 0 Å². The summed E-state index contributed by atoms with van der Waals surface area (Å²) in [5.74, 6) is 0.776. The SMILES string of the molecule is COc1cc(/C=C(/C(=O)c2cccs2)c2nc3ccccc3[nH]2)ccc1O. The van der Waals surface area contributed by atoms with Crippen LogP contribution < -0.4 is 4.74 Å². The Balaban J connectivity index is 1.86. The number of para-hydroxylation sites is 2. The van der Waals surface area contributed by atoms with E-state index in [0.29, 0.717) is 22.0 Å². The van der Waals surface area contributed by atoms with Gasteiger partial charge in [0, 0.05) is 0 Å². The van der Waals surface area contributed by atoms with E-state index in [2.05, 4.69) is 9.97 Å². The second-order valence-electron chi connectivity index (χ2n) is 5.90. The van der Waals surface area contributed by atoms with Crippen LogP contribution in [-0.4, -0.2) is 28.0 Å². The van der Waals surface area contributed by atoms with Crippen molar-refractivity contribution in [2.75, 3.05) is 7.11 Å². The van der Waals surface area contributed by atoms with Gasteiger partial charge in [0.25, 0.3) is 0 Å². The molecule has 4 aromatic rings. The number of aromatic hydroxyl groups is 1. The fraction of sp³-hybridized carbons (Fsp3) is 0.0476. The zero-order valence-electron chi connectivity index (χ0n) is 14.5. The van der Waals surface area contributed by atoms with Crippen molar-refractivity contribution in [3.8, 4) is 11.5 Å². The maximum Gasteiger partial charge on any atom is 0.206 e. The largest absolute Gasteiger partial charge is 0.504 e. The first kappa shape index (κ1) is 17.1. The molecule has 6 heteroatoms. The Bertz CT molecular complexity index is 1110. The van der Waals surface area contributed by atoms with Gasteiger partial charge in [-0.15, -0.1) is 11.3 Å². The molecule has 0 aliphatic heterocycles. The number of aromatic nitrogens is 2. The lowest BCUT2D eigenvalue weighted by atomic mass is 10.0. The van der Waals surface area contributed by atoms with Gasteiger partial charge in [-0.25, -0.2) is 4.98 Å². The van der Waals surface area contributed by atoms with Crippen LogP contribution in [0, 0.1) is 0 Å². The summed E-state index contributed by atoms with van der Waals surface area (Å²) in [5, 5.41) is 11.7. The Morgan fingerprint density at radius 1 is 1.19 bits per heavy atom. The number of thiophene rings is 1. The number of fused-ring (bicyclic) bond motifs is 1. The van der Waals surface area contributed by atoms with Crippen molar-refractivity contribution in [3.63, 3.8) is 0 Å². The molecule has 2 aromatic carbocycles. The number of allylic oxidation sites excluding steroid dienone is 1. The normalized spacial score (nSPS) is 11.7. The molecule has 0 saturated carbocycles. The third-order valence-electron chi connectivity index (χ3n) is 4.15. The number of imidazole rings is 1. The van der Waals surface area contributed by atoms with Gasteiger partial charge in [0.05, 0.1) is 28.6 Å². The van der Waals surface area contributed by atoms with E-state index in [0.717, 1.165) is 16.6 Å². The first-order valence-electron chi connectivity index (χ1n) is 8.28. The number of phenolic OH excluding ortho intramolecular Hbond substituents is 1. The molecule has 0 saturated heterocycles. The highest BCUT2D eigenvalue weighted by Gasteiger charge is 2.19. The van der Waals surface area contributed by atoms with Gasteiger partial charge in [0.15, 0.2) is 11.5 Å². The molecule has 2 aromatic heterocycles. The lowest BCUT2D eigenvalue weighted by Gasteiger charge is -2.06. The van der Waals surface area contributed by atoms with Crippen molar-refractivity contribution in [2.45, 2.75) is 0 Å². The van der Waals surface area contributed by atoms with Crippen LogP contribution >= 0.6 is 11.3 Å². The number of ketones is 1. The summed E-state index contributed by atoms with van der Waals surface area (Å²) in [4.78, 5) is 21.5. The smallest absolute Gasteiger partial charge is 0.206 e. The van der Waals surface area contributed by atoms with E-state index in [1.807, 2.05) is 35.7 Å². The number of rotatable bonds is 5. The van der Waals surface area contributed by atoms with E-state index in [4.69, 9.17) is 4.74 Å². The third kappa shape index (κ3) is 3.35. The minimum atomic E-state index is -0.115. The number of phenols is 1. The Morgan fingerprint density at radius 3 is 2.78 bits per heavy atom. The zero-order chi connectivity index (χ0) is 18.8. The lowest BCUT2D eigenvalue weighted by molar-refractivity contribution is 0.106. The van der Waals surface area contributed by atoms with Crippen molar-refractivity contribution in [1.29, 1.82) is 0 Å². The molecule has 2 N–H and O–H groups in total. The van der Waals surface area contributed by atoms with Gasteiger partial charge in [-0.05, 0) is 47.4 Å². The number of hydrogen-bond acceptors (Lipinski definition) is 5. The molecular formula is C21H16N2O3S. The Kier molecular flexibility index (Phi) is 4.48. The van der Waals surface area contributed by atoms with Crippen LogP contribution in [0.15, 0.2) is 60.0 Å². The Hall–Kier alpha value is -3.38. The molecule has 5 nitrogen and oxygen atoms in total. The molecule has 0 fully saturated rings.